The fourth-order valence-electron chi connectivity index (χ4n) is 2.86. The first-order valence-corrected chi connectivity index (χ1v) is 9.40. The third-order valence-electron chi connectivity index (χ3n) is 4.15. The lowest BCUT2D eigenvalue weighted by Gasteiger charge is -2.26. The maximum atomic E-state index is 12.6. The van der Waals surface area contributed by atoms with E-state index >= 15 is 0 Å². The van der Waals surface area contributed by atoms with Crippen molar-refractivity contribution in [3.8, 4) is 0 Å². The zero-order valence-electron chi connectivity index (χ0n) is 14.0. The third-order valence-corrected chi connectivity index (χ3v) is 5.06. The summed E-state index contributed by atoms with van der Waals surface area (Å²) in [6.45, 7) is 2.12. The number of anilines is 1. The number of likely N-dealkylation sites (tertiary alicyclic amines) is 1. The Balaban J connectivity index is 1.68. The SMILES string of the molecule is NCCc1nc(C(=O)Nc2cccc(C(=O)N3CCCCC3)c2)cs1. The lowest BCUT2D eigenvalue weighted by atomic mass is 10.1. The molecule has 0 radical (unpaired) electrons. The summed E-state index contributed by atoms with van der Waals surface area (Å²) in [5, 5.41) is 5.39. The normalized spacial score (nSPS) is 14.4. The molecule has 1 aromatic heterocycles. The number of nitrogens with two attached hydrogens (primary N) is 1. The first-order chi connectivity index (χ1) is 12.2. The summed E-state index contributed by atoms with van der Waals surface area (Å²) in [5.41, 5.74) is 7.08. The number of aromatic nitrogens is 1. The second kappa shape index (κ2) is 8.22. The van der Waals surface area contributed by atoms with E-state index in [0.717, 1.165) is 30.9 Å². The van der Waals surface area contributed by atoms with Crippen molar-refractivity contribution >= 4 is 28.8 Å². The highest BCUT2D eigenvalue weighted by molar-refractivity contribution is 7.09. The van der Waals surface area contributed by atoms with Crippen molar-refractivity contribution in [2.75, 3.05) is 25.0 Å². The number of hydrogen-bond acceptors (Lipinski definition) is 5. The molecule has 6 nitrogen and oxygen atoms in total. The molecule has 3 N–H and O–H groups in total. The second-order valence-corrected chi connectivity index (χ2v) is 7.00. The van der Waals surface area contributed by atoms with Crippen LogP contribution in [0.3, 0.4) is 0 Å². The maximum Gasteiger partial charge on any atom is 0.275 e. The van der Waals surface area contributed by atoms with Crippen molar-refractivity contribution in [2.24, 2.45) is 5.73 Å². The molecule has 0 atom stereocenters. The number of carbonyl (C=O) groups is 2. The minimum Gasteiger partial charge on any atom is -0.339 e. The van der Waals surface area contributed by atoms with Crippen LogP contribution in [0.2, 0.25) is 0 Å². The summed E-state index contributed by atoms with van der Waals surface area (Å²) in [7, 11) is 0. The van der Waals surface area contributed by atoms with Crippen LogP contribution < -0.4 is 11.1 Å². The van der Waals surface area contributed by atoms with Gasteiger partial charge < -0.3 is 16.0 Å². The molecule has 1 fully saturated rings. The highest BCUT2D eigenvalue weighted by Crippen LogP contribution is 2.18. The Labute approximate surface area is 151 Å². The van der Waals surface area contributed by atoms with Crippen molar-refractivity contribution in [3.05, 3.63) is 45.9 Å². The van der Waals surface area contributed by atoms with Gasteiger partial charge >= 0.3 is 0 Å². The van der Waals surface area contributed by atoms with Gasteiger partial charge in [0, 0.05) is 36.1 Å². The number of piperidine rings is 1. The van der Waals surface area contributed by atoms with Crippen LogP contribution in [0.5, 0.6) is 0 Å². The van der Waals surface area contributed by atoms with E-state index in [1.54, 1.807) is 29.6 Å². The molecule has 2 aromatic rings. The van der Waals surface area contributed by atoms with E-state index in [4.69, 9.17) is 5.73 Å². The molecule has 25 heavy (non-hydrogen) atoms. The lowest BCUT2D eigenvalue weighted by Crippen LogP contribution is -2.35. The number of nitrogens with zero attached hydrogens (tertiary/aromatic N) is 2. The average molecular weight is 358 g/mol. The van der Waals surface area contributed by atoms with Crippen molar-refractivity contribution in [2.45, 2.75) is 25.7 Å². The van der Waals surface area contributed by atoms with Gasteiger partial charge in [-0.1, -0.05) is 6.07 Å². The standard InChI is InChI=1S/C18H22N4O2S/c19-8-7-16-21-15(12-25-16)17(23)20-14-6-4-5-13(11-14)18(24)22-9-2-1-3-10-22/h4-6,11-12H,1-3,7-10,19H2,(H,20,23). The summed E-state index contributed by atoms with van der Waals surface area (Å²) < 4.78 is 0. The molecular formula is C18H22N4O2S. The molecule has 0 aliphatic carbocycles. The summed E-state index contributed by atoms with van der Waals surface area (Å²) >= 11 is 1.43. The van der Waals surface area contributed by atoms with Crippen LogP contribution in [0.4, 0.5) is 5.69 Å². The van der Waals surface area contributed by atoms with Gasteiger partial charge in [-0.25, -0.2) is 4.98 Å². The molecule has 1 saturated heterocycles. The maximum absolute atomic E-state index is 12.6. The quantitative estimate of drug-likeness (QED) is 0.860. The molecule has 0 bridgehead atoms. The van der Waals surface area contributed by atoms with E-state index in [-0.39, 0.29) is 11.8 Å². The summed E-state index contributed by atoms with van der Waals surface area (Å²) in [4.78, 5) is 31.1. The molecule has 1 aliphatic heterocycles. The van der Waals surface area contributed by atoms with Crippen LogP contribution in [0, 0.1) is 0 Å². The fourth-order valence-corrected chi connectivity index (χ4v) is 3.65. The molecule has 1 aliphatic rings. The minimum atomic E-state index is -0.276. The molecule has 3 rings (SSSR count). The number of thiazole rings is 1. The van der Waals surface area contributed by atoms with Gasteiger partial charge in [0.15, 0.2) is 0 Å². The van der Waals surface area contributed by atoms with Crippen LogP contribution in [0.15, 0.2) is 29.6 Å². The number of rotatable bonds is 5. The fraction of sp³-hybridized carbons (Fsp3) is 0.389. The van der Waals surface area contributed by atoms with Crippen LogP contribution >= 0.6 is 11.3 Å². The van der Waals surface area contributed by atoms with Crippen molar-refractivity contribution in [1.29, 1.82) is 0 Å². The van der Waals surface area contributed by atoms with E-state index in [0.29, 0.717) is 29.9 Å². The first-order valence-electron chi connectivity index (χ1n) is 8.52. The van der Waals surface area contributed by atoms with Crippen molar-refractivity contribution < 1.29 is 9.59 Å². The molecule has 1 aromatic carbocycles. The summed E-state index contributed by atoms with van der Waals surface area (Å²) in [6, 6.07) is 7.07. The molecule has 132 valence electrons. The minimum absolute atomic E-state index is 0.0229. The largest absolute Gasteiger partial charge is 0.339 e. The molecule has 7 heteroatoms. The van der Waals surface area contributed by atoms with Gasteiger partial charge in [0.1, 0.15) is 5.69 Å². The summed E-state index contributed by atoms with van der Waals surface area (Å²) in [5.74, 6) is -0.253. The highest BCUT2D eigenvalue weighted by atomic mass is 32.1. The average Bonchev–Trinajstić information content (AvgIpc) is 3.11. The van der Waals surface area contributed by atoms with Gasteiger partial charge in [-0.05, 0) is 44.0 Å². The topological polar surface area (TPSA) is 88.3 Å². The van der Waals surface area contributed by atoms with Crippen molar-refractivity contribution in [1.82, 2.24) is 9.88 Å². The molecule has 2 heterocycles. The Kier molecular flexibility index (Phi) is 5.78. The van der Waals surface area contributed by atoms with Crippen LogP contribution in [0.1, 0.15) is 45.1 Å². The lowest BCUT2D eigenvalue weighted by molar-refractivity contribution is 0.0724. The van der Waals surface area contributed by atoms with Gasteiger partial charge in [0.2, 0.25) is 0 Å². The van der Waals surface area contributed by atoms with Crippen LogP contribution in [-0.2, 0) is 6.42 Å². The Morgan fingerprint density at radius 3 is 2.80 bits per heavy atom. The molecule has 0 saturated carbocycles. The highest BCUT2D eigenvalue weighted by Gasteiger charge is 2.19. The second-order valence-electron chi connectivity index (χ2n) is 6.05. The van der Waals surface area contributed by atoms with Gasteiger partial charge in [-0.2, -0.15) is 0 Å². The van der Waals surface area contributed by atoms with E-state index in [1.807, 2.05) is 4.90 Å². The van der Waals surface area contributed by atoms with E-state index in [9.17, 15) is 9.59 Å². The van der Waals surface area contributed by atoms with Gasteiger partial charge in [-0.15, -0.1) is 11.3 Å². The number of hydrogen-bond donors (Lipinski definition) is 2. The van der Waals surface area contributed by atoms with Crippen LogP contribution in [0.25, 0.3) is 0 Å². The zero-order chi connectivity index (χ0) is 17.6. The smallest absolute Gasteiger partial charge is 0.275 e. The summed E-state index contributed by atoms with van der Waals surface area (Å²) in [6.07, 6.45) is 3.95. The van der Waals surface area contributed by atoms with Gasteiger partial charge in [0.25, 0.3) is 11.8 Å². The molecule has 0 spiro atoms. The number of benzene rings is 1. The first kappa shape index (κ1) is 17.6. The number of amides is 2. The van der Waals surface area contributed by atoms with Gasteiger partial charge in [-0.3, -0.25) is 9.59 Å². The van der Waals surface area contributed by atoms with E-state index < -0.39 is 0 Å². The Morgan fingerprint density at radius 1 is 1.24 bits per heavy atom. The Morgan fingerprint density at radius 2 is 2.04 bits per heavy atom. The predicted molar refractivity (Wildman–Crippen MR) is 99.0 cm³/mol. The molecule has 2 amide bonds. The number of nitrogens with one attached hydrogen (secondary N) is 1. The van der Waals surface area contributed by atoms with E-state index in [1.165, 1.54) is 17.8 Å². The Bertz CT molecular complexity index is 753. The predicted octanol–water partition coefficient (Wildman–Crippen LogP) is 2.52. The Hall–Kier alpha value is -2.25. The number of carbonyl (C=O) groups excluding carboxylic acids is 2. The van der Waals surface area contributed by atoms with Gasteiger partial charge in [0.05, 0.1) is 5.01 Å². The van der Waals surface area contributed by atoms with Crippen LogP contribution in [-0.4, -0.2) is 41.3 Å². The van der Waals surface area contributed by atoms with Crippen molar-refractivity contribution in [3.63, 3.8) is 0 Å². The van der Waals surface area contributed by atoms with E-state index in [2.05, 4.69) is 10.3 Å². The third kappa shape index (κ3) is 4.43. The zero-order valence-corrected chi connectivity index (χ0v) is 14.8. The monoisotopic (exact) mass is 358 g/mol. The molecule has 0 unspecified atom stereocenters. The molecular weight excluding hydrogens is 336 g/mol.